The molecule has 2 heterocycles. The first-order chi connectivity index (χ1) is 9.21. The van der Waals surface area contributed by atoms with Crippen LogP contribution in [0.15, 0.2) is 16.7 Å². The minimum Gasteiger partial charge on any atom is -0.373 e. The molecular formula is C13H19N5O. The highest BCUT2D eigenvalue weighted by Gasteiger charge is 2.05. The normalized spacial score (nSPS) is 10.5. The summed E-state index contributed by atoms with van der Waals surface area (Å²) in [5.74, 6) is 3.26. The Kier molecular flexibility index (Phi) is 4.33. The van der Waals surface area contributed by atoms with Crippen LogP contribution in [0, 0.1) is 6.92 Å². The van der Waals surface area contributed by atoms with E-state index in [4.69, 9.17) is 4.52 Å². The average Bonchev–Trinajstić information content (AvgIpc) is 2.82. The summed E-state index contributed by atoms with van der Waals surface area (Å²) >= 11 is 0. The molecule has 0 saturated carbocycles. The van der Waals surface area contributed by atoms with Crippen molar-refractivity contribution < 1.29 is 4.52 Å². The minimum absolute atomic E-state index is 0.586. The molecule has 102 valence electrons. The van der Waals surface area contributed by atoms with Gasteiger partial charge in [-0.3, -0.25) is 0 Å². The fraction of sp³-hybridized carbons (Fsp3) is 0.462. The second-order valence-corrected chi connectivity index (χ2v) is 4.34. The van der Waals surface area contributed by atoms with Gasteiger partial charge in [-0.05, 0) is 13.3 Å². The van der Waals surface area contributed by atoms with Gasteiger partial charge in [0.2, 0.25) is 0 Å². The van der Waals surface area contributed by atoms with E-state index in [9.17, 15) is 0 Å². The van der Waals surface area contributed by atoms with Gasteiger partial charge in [-0.25, -0.2) is 9.97 Å². The maximum absolute atomic E-state index is 5.03. The van der Waals surface area contributed by atoms with E-state index in [1.54, 1.807) is 0 Å². The molecule has 2 aromatic rings. The number of hydrogen-bond donors (Lipinski definition) is 2. The number of aromatic nitrogens is 3. The minimum atomic E-state index is 0.586. The SMILES string of the molecule is CCCc1nc(NC)cc(NCc2cc(C)on2)n1. The van der Waals surface area contributed by atoms with Crippen LogP contribution in [0.25, 0.3) is 0 Å². The molecule has 0 aliphatic rings. The first-order valence-electron chi connectivity index (χ1n) is 6.43. The molecule has 0 saturated heterocycles. The Morgan fingerprint density at radius 3 is 2.63 bits per heavy atom. The Morgan fingerprint density at radius 1 is 1.21 bits per heavy atom. The molecule has 2 rings (SSSR count). The highest BCUT2D eigenvalue weighted by molar-refractivity contribution is 5.47. The molecule has 0 atom stereocenters. The van der Waals surface area contributed by atoms with Crippen molar-refractivity contribution in [2.45, 2.75) is 33.2 Å². The number of hydrogen-bond acceptors (Lipinski definition) is 6. The molecular weight excluding hydrogens is 242 g/mol. The lowest BCUT2D eigenvalue weighted by molar-refractivity contribution is 0.391. The van der Waals surface area contributed by atoms with Crippen LogP contribution in [0.1, 0.15) is 30.6 Å². The summed E-state index contributed by atoms with van der Waals surface area (Å²) in [6, 6.07) is 3.78. The van der Waals surface area contributed by atoms with Crippen molar-refractivity contribution in [2.75, 3.05) is 17.7 Å². The van der Waals surface area contributed by atoms with E-state index < -0.39 is 0 Å². The summed E-state index contributed by atoms with van der Waals surface area (Å²) in [6.45, 7) is 4.57. The maximum atomic E-state index is 5.03. The molecule has 0 amide bonds. The van der Waals surface area contributed by atoms with Crippen LogP contribution < -0.4 is 10.6 Å². The van der Waals surface area contributed by atoms with Crippen LogP contribution in [-0.2, 0) is 13.0 Å². The molecule has 0 fully saturated rings. The van der Waals surface area contributed by atoms with Gasteiger partial charge in [0.15, 0.2) is 0 Å². The van der Waals surface area contributed by atoms with Crippen molar-refractivity contribution in [3.05, 3.63) is 29.4 Å². The number of anilines is 2. The quantitative estimate of drug-likeness (QED) is 0.831. The number of nitrogens with one attached hydrogen (secondary N) is 2. The molecule has 6 heteroatoms. The predicted octanol–water partition coefficient (Wildman–Crippen LogP) is 2.38. The summed E-state index contributed by atoms with van der Waals surface area (Å²) in [5.41, 5.74) is 0.860. The summed E-state index contributed by atoms with van der Waals surface area (Å²) in [4.78, 5) is 8.88. The Balaban J connectivity index is 2.08. The van der Waals surface area contributed by atoms with Gasteiger partial charge in [0.25, 0.3) is 0 Å². The summed E-state index contributed by atoms with van der Waals surface area (Å²) < 4.78 is 5.03. The summed E-state index contributed by atoms with van der Waals surface area (Å²) in [5, 5.41) is 10.2. The van der Waals surface area contributed by atoms with Gasteiger partial charge < -0.3 is 15.2 Å². The lowest BCUT2D eigenvalue weighted by atomic mass is 10.3. The molecule has 0 radical (unpaired) electrons. The number of rotatable bonds is 6. The molecule has 0 spiro atoms. The second kappa shape index (κ2) is 6.17. The molecule has 0 unspecified atom stereocenters. The zero-order valence-corrected chi connectivity index (χ0v) is 11.5. The fourth-order valence-corrected chi connectivity index (χ4v) is 1.73. The highest BCUT2D eigenvalue weighted by atomic mass is 16.5. The average molecular weight is 261 g/mol. The molecule has 2 aromatic heterocycles. The third-order valence-electron chi connectivity index (χ3n) is 2.63. The third-order valence-corrected chi connectivity index (χ3v) is 2.63. The fourth-order valence-electron chi connectivity index (χ4n) is 1.73. The third kappa shape index (κ3) is 3.67. The molecule has 0 aromatic carbocycles. The first-order valence-corrected chi connectivity index (χ1v) is 6.43. The van der Waals surface area contributed by atoms with Crippen LogP contribution >= 0.6 is 0 Å². The zero-order chi connectivity index (χ0) is 13.7. The van der Waals surface area contributed by atoms with E-state index >= 15 is 0 Å². The van der Waals surface area contributed by atoms with Crippen LogP contribution in [0.5, 0.6) is 0 Å². The van der Waals surface area contributed by atoms with Gasteiger partial charge in [-0.15, -0.1) is 0 Å². The van der Waals surface area contributed by atoms with Crippen LogP contribution in [0.2, 0.25) is 0 Å². The number of aryl methyl sites for hydroxylation is 2. The van der Waals surface area contributed by atoms with Gasteiger partial charge in [0.1, 0.15) is 28.9 Å². The highest BCUT2D eigenvalue weighted by Crippen LogP contribution is 2.13. The van der Waals surface area contributed by atoms with E-state index in [1.165, 1.54) is 0 Å². The molecule has 6 nitrogen and oxygen atoms in total. The second-order valence-electron chi connectivity index (χ2n) is 4.34. The van der Waals surface area contributed by atoms with Crippen molar-refractivity contribution in [1.82, 2.24) is 15.1 Å². The largest absolute Gasteiger partial charge is 0.373 e. The predicted molar refractivity (Wildman–Crippen MR) is 74.1 cm³/mol. The van der Waals surface area contributed by atoms with Gasteiger partial charge >= 0.3 is 0 Å². The van der Waals surface area contributed by atoms with Gasteiger partial charge in [-0.2, -0.15) is 0 Å². The van der Waals surface area contributed by atoms with Crippen molar-refractivity contribution >= 4 is 11.6 Å². The number of nitrogens with zero attached hydrogens (tertiary/aromatic N) is 3. The maximum Gasteiger partial charge on any atom is 0.133 e. The van der Waals surface area contributed by atoms with E-state index in [2.05, 4.69) is 32.7 Å². The van der Waals surface area contributed by atoms with Crippen molar-refractivity contribution in [3.63, 3.8) is 0 Å². The first kappa shape index (κ1) is 13.3. The van der Waals surface area contributed by atoms with Crippen molar-refractivity contribution in [2.24, 2.45) is 0 Å². The van der Waals surface area contributed by atoms with Crippen molar-refractivity contribution in [3.8, 4) is 0 Å². The van der Waals surface area contributed by atoms with E-state index in [0.29, 0.717) is 6.54 Å². The van der Waals surface area contributed by atoms with E-state index in [0.717, 1.165) is 41.8 Å². The molecule has 0 aliphatic carbocycles. The van der Waals surface area contributed by atoms with Gasteiger partial charge in [-0.1, -0.05) is 12.1 Å². The van der Waals surface area contributed by atoms with Crippen LogP contribution in [0.3, 0.4) is 0 Å². The molecule has 19 heavy (non-hydrogen) atoms. The monoisotopic (exact) mass is 261 g/mol. The Hall–Kier alpha value is -2.11. The van der Waals surface area contributed by atoms with Gasteiger partial charge in [0, 0.05) is 25.6 Å². The summed E-state index contributed by atoms with van der Waals surface area (Å²) in [7, 11) is 1.85. The Morgan fingerprint density at radius 2 is 2.00 bits per heavy atom. The molecule has 2 N–H and O–H groups in total. The molecule has 0 aliphatic heterocycles. The molecule has 0 bridgehead atoms. The van der Waals surface area contributed by atoms with Crippen LogP contribution in [0.4, 0.5) is 11.6 Å². The van der Waals surface area contributed by atoms with Crippen LogP contribution in [-0.4, -0.2) is 22.2 Å². The smallest absolute Gasteiger partial charge is 0.133 e. The lowest BCUT2D eigenvalue weighted by Crippen LogP contribution is -2.06. The Bertz CT molecular complexity index is 538. The van der Waals surface area contributed by atoms with E-state index in [1.807, 2.05) is 26.1 Å². The standard InChI is InChI=1S/C13H19N5O/c1-4-5-11-16-12(14-3)7-13(17-11)15-8-10-6-9(2)19-18-10/h6-7H,4-5,8H2,1-3H3,(H2,14,15,16,17). The van der Waals surface area contributed by atoms with Gasteiger partial charge in [0.05, 0.1) is 6.54 Å². The summed E-state index contributed by atoms with van der Waals surface area (Å²) in [6.07, 6.45) is 1.89. The lowest BCUT2D eigenvalue weighted by Gasteiger charge is -2.08. The zero-order valence-electron chi connectivity index (χ0n) is 11.5. The van der Waals surface area contributed by atoms with E-state index in [-0.39, 0.29) is 0 Å². The topological polar surface area (TPSA) is 75.9 Å². The Labute approximate surface area is 112 Å². The van der Waals surface area contributed by atoms with Crippen molar-refractivity contribution in [1.29, 1.82) is 0 Å².